The molecule has 1 saturated heterocycles. The molecule has 0 aliphatic carbocycles. The van der Waals surface area contributed by atoms with Gasteiger partial charge in [0.25, 0.3) is 0 Å². The maximum Gasteiger partial charge on any atom is 1.00 e. The second-order valence-corrected chi connectivity index (χ2v) is 8.04. The molecule has 1 aliphatic heterocycles. The Balaban J connectivity index is -0.00000153. The number of rotatable bonds is 18. The Bertz CT molecular complexity index is 684. The van der Waals surface area contributed by atoms with Gasteiger partial charge in [-0.2, -0.15) is 0 Å². The first-order valence-electron chi connectivity index (χ1n) is 11.1. The summed E-state index contributed by atoms with van der Waals surface area (Å²) >= 11 is 0. The Morgan fingerprint density at radius 2 is 1.18 bits per heavy atom. The van der Waals surface area contributed by atoms with Gasteiger partial charge in [0.05, 0.1) is 30.5 Å². The van der Waals surface area contributed by atoms with Crippen molar-refractivity contribution in [3.05, 3.63) is 0 Å². The smallest absolute Gasteiger partial charge is 0.549 e. The van der Waals surface area contributed by atoms with Crippen molar-refractivity contribution in [1.29, 1.82) is 0 Å². The fourth-order valence-electron chi connectivity index (χ4n) is 3.50. The third-order valence-electron chi connectivity index (χ3n) is 5.53. The van der Waals surface area contributed by atoms with Crippen molar-refractivity contribution in [1.82, 2.24) is 0 Å². The molecule has 1 fully saturated rings. The van der Waals surface area contributed by atoms with E-state index in [0.29, 0.717) is 6.42 Å². The van der Waals surface area contributed by atoms with Gasteiger partial charge >= 0.3 is 118 Å². The molecule has 0 aromatic carbocycles. The summed E-state index contributed by atoms with van der Waals surface area (Å²) in [6.45, 7) is -0.0563. The first-order chi connectivity index (χ1) is 16.5. The second-order valence-electron chi connectivity index (χ2n) is 8.04. The van der Waals surface area contributed by atoms with Gasteiger partial charge < -0.3 is 68.8 Å². The minimum absolute atomic E-state index is 0. The Morgan fingerprint density at radius 1 is 0.744 bits per heavy atom. The topological polar surface area (TPSA) is 238 Å². The van der Waals surface area contributed by atoms with E-state index < -0.39 is 66.4 Å². The molecule has 0 unspecified atom stereocenters. The van der Waals surface area contributed by atoms with Gasteiger partial charge in [0.1, 0.15) is 24.4 Å². The zero-order valence-corrected chi connectivity index (χ0v) is 31.2. The molecular formula is C21H30Na4O14. The van der Waals surface area contributed by atoms with Crippen LogP contribution in [0.1, 0.15) is 38.5 Å². The Labute approximate surface area is 315 Å². The normalized spacial score (nSPS) is 22.0. The molecule has 0 saturated carbocycles. The van der Waals surface area contributed by atoms with Crippen LogP contribution in [0, 0.1) is 11.8 Å². The number of aliphatic hydroxyl groups is 2. The van der Waals surface area contributed by atoms with Gasteiger partial charge in [-0.3, -0.25) is 0 Å². The fourth-order valence-corrected chi connectivity index (χ4v) is 3.50. The van der Waals surface area contributed by atoms with Crippen LogP contribution in [-0.4, -0.2) is 91.7 Å². The zero-order chi connectivity index (χ0) is 26.5. The first-order valence-corrected chi connectivity index (χ1v) is 11.1. The summed E-state index contributed by atoms with van der Waals surface area (Å²) in [5, 5.41) is 63.6. The first kappa shape index (κ1) is 47.6. The van der Waals surface area contributed by atoms with Crippen molar-refractivity contribution in [2.24, 2.45) is 11.8 Å². The van der Waals surface area contributed by atoms with Crippen LogP contribution < -0.4 is 139 Å². The van der Waals surface area contributed by atoms with Crippen molar-refractivity contribution < 1.29 is 187 Å². The minimum Gasteiger partial charge on any atom is -0.549 e. The molecule has 5 atom stereocenters. The van der Waals surface area contributed by atoms with Crippen LogP contribution in [0.2, 0.25) is 0 Å². The summed E-state index contributed by atoms with van der Waals surface area (Å²) in [4.78, 5) is 42.9. The van der Waals surface area contributed by atoms with Gasteiger partial charge in [0.2, 0.25) is 0 Å². The van der Waals surface area contributed by atoms with Crippen LogP contribution in [0.25, 0.3) is 0 Å². The number of carbonyl (C=O) groups excluding carboxylic acids is 4. The van der Waals surface area contributed by atoms with E-state index in [2.05, 4.69) is 0 Å². The van der Waals surface area contributed by atoms with Crippen LogP contribution in [0.5, 0.6) is 0 Å². The number of carboxylic acids is 4. The SMILES string of the molecule is CO[C@H]1O[C@H](COCCCCC(C(=O)[O-])C(=O)[O-])[C@@H](O)[C@H](O)[C@H]1OCCCCC(C(=O)[O-])C(=O)[O-].[Na+].[Na+].[Na+].[Na+]. The Hall–Kier alpha value is 1.64. The van der Waals surface area contributed by atoms with E-state index in [1.807, 2.05) is 0 Å². The third kappa shape index (κ3) is 17.5. The zero-order valence-electron chi connectivity index (χ0n) is 23.2. The summed E-state index contributed by atoms with van der Waals surface area (Å²) < 4.78 is 21.6. The predicted molar refractivity (Wildman–Crippen MR) is 103 cm³/mol. The van der Waals surface area contributed by atoms with E-state index in [0.717, 1.165) is 0 Å². The van der Waals surface area contributed by atoms with E-state index in [9.17, 15) is 49.8 Å². The van der Waals surface area contributed by atoms with Crippen molar-refractivity contribution in [3.8, 4) is 0 Å². The van der Waals surface area contributed by atoms with E-state index in [1.165, 1.54) is 7.11 Å². The molecule has 2 N–H and O–H groups in total. The maximum atomic E-state index is 10.7. The van der Waals surface area contributed by atoms with E-state index in [-0.39, 0.29) is 170 Å². The van der Waals surface area contributed by atoms with Crippen molar-refractivity contribution in [3.63, 3.8) is 0 Å². The molecule has 1 aliphatic rings. The van der Waals surface area contributed by atoms with E-state index in [4.69, 9.17) is 18.9 Å². The second kappa shape index (κ2) is 26.1. The van der Waals surface area contributed by atoms with Crippen LogP contribution in [0.15, 0.2) is 0 Å². The maximum absolute atomic E-state index is 10.7. The van der Waals surface area contributed by atoms with Gasteiger partial charge in [-0.25, -0.2) is 0 Å². The summed E-state index contributed by atoms with van der Waals surface area (Å²) in [5.74, 6) is -10.4. The molecule has 0 amide bonds. The van der Waals surface area contributed by atoms with Gasteiger partial charge in [-0.1, -0.05) is 12.8 Å². The van der Waals surface area contributed by atoms with Crippen LogP contribution in [-0.2, 0) is 38.1 Å². The number of methoxy groups -OCH3 is 1. The number of aliphatic hydroxyl groups excluding tert-OH is 2. The molecule has 1 rings (SSSR count). The average Bonchev–Trinajstić information content (AvgIpc) is 2.77. The van der Waals surface area contributed by atoms with Crippen LogP contribution in [0.3, 0.4) is 0 Å². The molecule has 0 aromatic rings. The summed E-state index contributed by atoms with van der Waals surface area (Å²) in [6.07, 6.45) is -5.43. The number of carboxylic acid groups (broad SMARTS) is 4. The van der Waals surface area contributed by atoms with Gasteiger partial charge in [0, 0.05) is 32.2 Å². The standard InChI is InChI=1S/C21H34O14.4Na/c1-32-21-16(34-9-5-3-7-12(19(28)29)20(30)31)15(23)14(22)13(35-21)10-33-8-4-2-6-11(17(24)25)18(26)27;;;;/h11-16,21-23H,2-10H2,1H3,(H,24,25)(H,26,27)(H,28,29)(H,30,31);;;;/q;4*+1/p-4/t13-,14-,15+,16-,21+;;;;/m1..../s1. The number of carbonyl (C=O) groups is 4. The minimum atomic E-state index is -1.74. The average molecular weight is 598 g/mol. The molecular weight excluding hydrogens is 568 g/mol. The van der Waals surface area contributed by atoms with E-state index in [1.54, 1.807) is 0 Å². The molecule has 0 bridgehead atoms. The third-order valence-corrected chi connectivity index (χ3v) is 5.53. The summed E-state index contributed by atoms with van der Waals surface area (Å²) in [7, 11) is 1.29. The molecule has 1 heterocycles. The van der Waals surface area contributed by atoms with Crippen molar-refractivity contribution in [2.45, 2.75) is 69.2 Å². The molecule has 0 radical (unpaired) electrons. The van der Waals surface area contributed by atoms with Crippen molar-refractivity contribution in [2.75, 3.05) is 26.9 Å². The van der Waals surface area contributed by atoms with Gasteiger partial charge in [-0.05, 0) is 25.7 Å². The molecule has 14 nitrogen and oxygen atoms in total. The molecule has 39 heavy (non-hydrogen) atoms. The largest absolute Gasteiger partial charge is 1.00 e. The molecule has 0 aromatic heterocycles. The van der Waals surface area contributed by atoms with Crippen LogP contribution in [0.4, 0.5) is 0 Å². The number of hydrogen-bond donors (Lipinski definition) is 2. The summed E-state index contributed by atoms with van der Waals surface area (Å²) in [5.41, 5.74) is 0. The summed E-state index contributed by atoms with van der Waals surface area (Å²) in [6, 6.07) is 0. The number of ether oxygens (including phenoxy) is 4. The quantitative estimate of drug-likeness (QED) is 0.0847. The van der Waals surface area contributed by atoms with Gasteiger partial charge in [-0.15, -0.1) is 0 Å². The van der Waals surface area contributed by atoms with E-state index >= 15 is 0 Å². The Morgan fingerprint density at radius 3 is 1.59 bits per heavy atom. The van der Waals surface area contributed by atoms with Gasteiger partial charge in [0.15, 0.2) is 6.29 Å². The number of aliphatic carboxylic acids is 4. The fraction of sp³-hybridized carbons (Fsp3) is 0.810. The molecule has 202 valence electrons. The predicted octanol–water partition coefficient (Wildman–Crippen LogP) is -17.9. The van der Waals surface area contributed by atoms with Crippen molar-refractivity contribution >= 4 is 23.9 Å². The monoisotopic (exact) mass is 598 g/mol. The molecule has 0 spiro atoms. The Kier molecular flexibility index (Phi) is 31.8. The van der Waals surface area contributed by atoms with Crippen LogP contribution >= 0.6 is 0 Å². The number of hydrogen-bond acceptors (Lipinski definition) is 14. The molecule has 18 heteroatoms. The number of unbranched alkanes of at least 4 members (excludes halogenated alkanes) is 2.